The zero-order valence-corrected chi connectivity index (χ0v) is 9.71. The number of hydrogen-bond donors (Lipinski definition) is 0. The van der Waals surface area contributed by atoms with Crippen molar-refractivity contribution in [3.63, 3.8) is 0 Å². The van der Waals surface area contributed by atoms with Gasteiger partial charge in [-0.05, 0) is 38.0 Å². The number of aryl methyl sites for hydroxylation is 1. The van der Waals surface area contributed by atoms with Crippen LogP contribution in [0.1, 0.15) is 25.3 Å². The summed E-state index contributed by atoms with van der Waals surface area (Å²) in [5, 5.41) is 0.722. The minimum Gasteiger partial charge on any atom is -0.310 e. The maximum absolute atomic E-state index is 11.7. The summed E-state index contributed by atoms with van der Waals surface area (Å²) < 4.78 is 0. The Morgan fingerprint density at radius 1 is 1.47 bits per heavy atom. The number of amides is 1. The Balaban J connectivity index is 2.36. The second-order valence-electron chi connectivity index (χ2n) is 4.08. The molecule has 2 nitrogen and oxygen atoms in total. The van der Waals surface area contributed by atoms with Gasteiger partial charge in [0.05, 0.1) is 0 Å². The maximum Gasteiger partial charge on any atom is 0.227 e. The molecule has 1 aromatic rings. The van der Waals surface area contributed by atoms with E-state index >= 15 is 0 Å². The van der Waals surface area contributed by atoms with Crippen molar-refractivity contribution in [2.75, 3.05) is 4.90 Å². The third-order valence-corrected chi connectivity index (χ3v) is 3.33. The molecule has 0 aliphatic carbocycles. The first-order valence-corrected chi connectivity index (χ1v) is 5.55. The molecule has 0 bridgehead atoms. The second kappa shape index (κ2) is 3.86. The van der Waals surface area contributed by atoms with Gasteiger partial charge in [0.1, 0.15) is 0 Å². The van der Waals surface area contributed by atoms with Gasteiger partial charge in [-0.15, -0.1) is 0 Å². The average molecular weight is 224 g/mol. The van der Waals surface area contributed by atoms with Crippen LogP contribution >= 0.6 is 11.6 Å². The van der Waals surface area contributed by atoms with Gasteiger partial charge in [0.2, 0.25) is 5.91 Å². The molecule has 1 unspecified atom stereocenters. The highest BCUT2D eigenvalue weighted by atomic mass is 35.5. The number of anilines is 1. The molecule has 0 radical (unpaired) electrons. The fourth-order valence-corrected chi connectivity index (χ4v) is 2.13. The third-order valence-electron chi connectivity index (χ3n) is 2.92. The first kappa shape index (κ1) is 10.5. The van der Waals surface area contributed by atoms with Crippen LogP contribution in [0, 0.1) is 6.92 Å². The molecule has 0 saturated carbocycles. The van der Waals surface area contributed by atoms with E-state index in [1.807, 2.05) is 30.0 Å². The van der Waals surface area contributed by atoms with E-state index in [0.29, 0.717) is 6.42 Å². The van der Waals surface area contributed by atoms with Crippen LogP contribution in [0.2, 0.25) is 5.02 Å². The predicted molar refractivity (Wildman–Crippen MR) is 62.4 cm³/mol. The Bertz CT molecular complexity index is 403. The molecule has 1 amide bonds. The molecule has 1 aliphatic heterocycles. The van der Waals surface area contributed by atoms with Crippen molar-refractivity contribution in [1.82, 2.24) is 0 Å². The quantitative estimate of drug-likeness (QED) is 0.716. The average Bonchev–Trinajstić information content (AvgIpc) is 2.52. The summed E-state index contributed by atoms with van der Waals surface area (Å²) in [7, 11) is 0. The molecule has 0 spiro atoms. The Morgan fingerprint density at radius 3 is 2.73 bits per heavy atom. The minimum absolute atomic E-state index is 0.197. The number of halogens is 1. The van der Waals surface area contributed by atoms with Crippen molar-refractivity contribution in [1.29, 1.82) is 0 Å². The van der Waals surface area contributed by atoms with E-state index in [9.17, 15) is 4.79 Å². The molecule has 0 aromatic heterocycles. The zero-order valence-electron chi connectivity index (χ0n) is 8.96. The third kappa shape index (κ3) is 1.86. The molecule has 3 heteroatoms. The van der Waals surface area contributed by atoms with Crippen LogP contribution in [-0.4, -0.2) is 11.9 Å². The highest BCUT2D eigenvalue weighted by molar-refractivity contribution is 6.31. The van der Waals surface area contributed by atoms with Gasteiger partial charge in [-0.2, -0.15) is 0 Å². The molecule has 0 N–H and O–H groups in total. The van der Waals surface area contributed by atoms with Gasteiger partial charge in [-0.1, -0.05) is 17.7 Å². The summed E-state index contributed by atoms with van der Waals surface area (Å²) >= 11 is 6.05. The fourth-order valence-electron chi connectivity index (χ4n) is 1.96. The van der Waals surface area contributed by atoms with E-state index in [-0.39, 0.29) is 11.9 Å². The molecule has 1 saturated heterocycles. The van der Waals surface area contributed by atoms with Crippen LogP contribution in [0.15, 0.2) is 18.2 Å². The molecule has 1 atom stereocenters. The van der Waals surface area contributed by atoms with Gasteiger partial charge in [0.25, 0.3) is 0 Å². The summed E-state index contributed by atoms with van der Waals surface area (Å²) in [5.74, 6) is 0.197. The maximum atomic E-state index is 11.7. The van der Waals surface area contributed by atoms with Crippen molar-refractivity contribution in [2.45, 2.75) is 32.7 Å². The van der Waals surface area contributed by atoms with Crippen LogP contribution in [0.4, 0.5) is 5.69 Å². The standard InChI is InChI=1S/C12H14ClNO/c1-8-3-5-10(7-11(8)13)14-9(2)4-6-12(14)15/h3,5,7,9H,4,6H2,1-2H3. The SMILES string of the molecule is Cc1ccc(N2C(=O)CCC2C)cc1Cl. The van der Waals surface area contributed by atoms with Crippen molar-refractivity contribution in [2.24, 2.45) is 0 Å². The van der Waals surface area contributed by atoms with Crippen LogP contribution in [0.5, 0.6) is 0 Å². The highest BCUT2D eigenvalue weighted by Crippen LogP contribution is 2.29. The molecule has 80 valence electrons. The van der Waals surface area contributed by atoms with Gasteiger partial charge in [-0.3, -0.25) is 4.79 Å². The number of carbonyl (C=O) groups excluding carboxylic acids is 1. The smallest absolute Gasteiger partial charge is 0.227 e. The topological polar surface area (TPSA) is 20.3 Å². The Kier molecular flexibility index (Phi) is 2.70. The van der Waals surface area contributed by atoms with Gasteiger partial charge in [0, 0.05) is 23.2 Å². The van der Waals surface area contributed by atoms with Gasteiger partial charge in [-0.25, -0.2) is 0 Å². The zero-order chi connectivity index (χ0) is 11.0. The molecular weight excluding hydrogens is 210 g/mol. The van der Waals surface area contributed by atoms with Crippen LogP contribution in [0.25, 0.3) is 0 Å². The van der Waals surface area contributed by atoms with Crippen molar-refractivity contribution in [3.05, 3.63) is 28.8 Å². The number of carbonyl (C=O) groups is 1. The van der Waals surface area contributed by atoms with E-state index < -0.39 is 0 Å². The van der Waals surface area contributed by atoms with Crippen LogP contribution < -0.4 is 4.90 Å². The molecule has 15 heavy (non-hydrogen) atoms. The van der Waals surface area contributed by atoms with E-state index in [0.717, 1.165) is 22.7 Å². The lowest BCUT2D eigenvalue weighted by Gasteiger charge is -2.22. The largest absolute Gasteiger partial charge is 0.310 e. The highest BCUT2D eigenvalue weighted by Gasteiger charge is 2.28. The number of nitrogens with zero attached hydrogens (tertiary/aromatic N) is 1. The summed E-state index contributed by atoms with van der Waals surface area (Å²) in [5.41, 5.74) is 1.96. The Hall–Kier alpha value is -1.02. The van der Waals surface area contributed by atoms with Gasteiger partial charge >= 0.3 is 0 Å². The van der Waals surface area contributed by atoms with E-state index in [1.54, 1.807) is 0 Å². The van der Waals surface area contributed by atoms with Gasteiger partial charge in [0.15, 0.2) is 0 Å². The lowest BCUT2D eigenvalue weighted by molar-refractivity contribution is -0.117. The summed E-state index contributed by atoms with van der Waals surface area (Å²) in [6.07, 6.45) is 1.58. The van der Waals surface area contributed by atoms with Gasteiger partial charge < -0.3 is 4.90 Å². The number of rotatable bonds is 1. The summed E-state index contributed by atoms with van der Waals surface area (Å²) in [6, 6.07) is 6.07. The summed E-state index contributed by atoms with van der Waals surface area (Å²) in [6.45, 7) is 4.03. The molecule has 1 aromatic carbocycles. The van der Waals surface area contributed by atoms with E-state index in [4.69, 9.17) is 11.6 Å². The van der Waals surface area contributed by atoms with E-state index in [2.05, 4.69) is 6.92 Å². The van der Waals surface area contributed by atoms with Crippen molar-refractivity contribution in [3.8, 4) is 0 Å². The number of benzene rings is 1. The molecule has 1 aliphatic rings. The second-order valence-corrected chi connectivity index (χ2v) is 4.49. The summed E-state index contributed by atoms with van der Waals surface area (Å²) in [4.78, 5) is 13.5. The van der Waals surface area contributed by atoms with Crippen LogP contribution in [-0.2, 0) is 4.79 Å². The molecule has 1 heterocycles. The Morgan fingerprint density at radius 2 is 2.20 bits per heavy atom. The van der Waals surface area contributed by atoms with Crippen molar-refractivity contribution < 1.29 is 4.79 Å². The Labute approximate surface area is 94.8 Å². The fraction of sp³-hybridized carbons (Fsp3) is 0.417. The molecule has 2 rings (SSSR count). The molecular formula is C12H14ClNO. The monoisotopic (exact) mass is 223 g/mol. The number of hydrogen-bond acceptors (Lipinski definition) is 1. The van der Waals surface area contributed by atoms with Crippen molar-refractivity contribution >= 4 is 23.2 Å². The normalized spacial score (nSPS) is 21.1. The molecule has 1 fully saturated rings. The lowest BCUT2D eigenvalue weighted by Crippen LogP contribution is -2.30. The predicted octanol–water partition coefficient (Wildman–Crippen LogP) is 3.16. The van der Waals surface area contributed by atoms with Crippen LogP contribution in [0.3, 0.4) is 0 Å². The van der Waals surface area contributed by atoms with E-state index in [1.165, 1.54) is 0 Å². The first-order valence-electron chi connectivity index (χ1n) is 5.18. The lowest BCUT2D eigenvalue weighted by atomic mass is 10.2. The first-order chi connectivity index (χ1) is 7.09. The minimum atomic E-state index is 0.197.